The zero-order valence-electron chi connectivity index (χ0n) is 13.6. The van der Waals surface area contributed by atoms with Gasteiger partial charge in [-0.3, -0.25) is 4.68 Å². The maximum absolute atomic E-state index is 13.6. The van der Waals surface area contributed by atoms with Gasteiger partial charge >= 0.3 is 0 Å². The minimum Gasteiger partial charge on any atom is -0.349 e. The van der Waals surface area contributed by atoms with Gasteiger partial charge < -0.3 is 9.88 Å². The van der Waals surface area contributed by atoms with E-state index in [4.69, 9.17) is 5.10 Å². The zero-order valence-corrected chi connectivity index (χ0v) is 13.6. The lowest BCUT2D eigenvalue weighted by molar-refractivity contribution is 0.591. The van der Waals surface area contributed by atoms with Crippen molar-refractivity contribution in [3.63, 3.8) is 0 Å². The average molecular weight is 323 g/mol. The van der Waals surface area contributed by atoms with Crippen LogP contribution in [-0.4, -0.2) is 26.5 Å². The molecular weight excluding hydrogens is 305 g/mol. The molecule has 1 aliphatic heterocycles. The van der Waals surface area contributed by atoms with Gasteiger partial charge in [0, 0.05) is 30.4 Å². The first-order chi connectivity index (χ1) is 11.6. The van der Waals surface area contributed by atoms with E-state index in [9.17, 15) is 4.39 Å². The second kappa shape index (κ2) is 4.47. The molecule has 0 radical (unpaired) electrons. The van der Waals surface area contributed by atoms with Crippen LogP contribution in [0.2, 0.25) is 0 Å². The van der Waals surface area contributed by atoms with Gasteiger partial charge in [0.05, 0.1) is 16.9 Å². The first kappa shape index (κ1) is 13.8. The third-order valence-corrected chi connectivity index (χ3v) is 5.26. The number of halogens is 1. The van der Waals surface area contributed by atoms with E-state index in [1.54, 1.807) is 4.68 Å². The molecule has 3 heterocycles. The molecule has 6 heteroatoms. The van der Waals surface area contributed by atoms with Crippen LogP contribution < -0.4 is 4.90 Å². The highest BCUT2D eigenvalue weighted by molar-refractivity contribution is 5.91. The van der Waals surface area contributed by atoms with Crippen LogP contribution in [0.4, 0.5) is 15.9 Å². The molecule has 3 aromatic rings. The predicted molar refractivity (Wildman–Crippen MR) is 92.5 cm³/mol. The number of nitrogens with one attached hydrogen (secondary N) is 1. The number of fused-ring (bicyclic) bond motifs is 2. The van der Waals surface area contributed by atoms with Crippen LogP contribution in [-0.2, 0) is 7.05 Å². The van der Waals surface area contributed by atoms with Gasteiger partial charge in [-0.2, -0.15) is 5.10 Å². The second-order valence-corrected chi connectivity index (χ2v) is 6.97. The van der Waals surface area contributed by atoms with Gasteiger partial charge in [-0.1, -0.05) is 0 Å². The Morgan fingerprint density at radius 2 is 2.12 bits per heavy atom. The lowest BCUT2D eigenvalue weighted by Gasteiger charge is -2.38. The Balaban J connectivity index is 1.71. The monoisotopic (exact) mass is 323 g/mol. The van der Waals surface area contributed by atoms with Gasteiger partial charge in [-0.15, -0.1) is 0 Å². The van der Waals surface area contributed by atoms with Crippen molar-refractivity contribution in [2.45, 2.75) is 31.3 Å². The van der Waals surface area contributed by atoms with E-state index in [0.717, 1.165) is 40.9 Å². The van der Waals surface area contributed by atoms with E-state index in [0.29, 0.717) is 0 Å². The number of nitrogens with zero attached hydrogens (tertiary/aromatic N) is 4. The number of aryl methyl sites for hydroxylation is 1. The molecule has 5 nitrogen and oxygen atoms in total. The predicted octanol–water partition coefficient (Wildman–Crippen LogP) is 3.86. The summed E-state index contributed by atoms with van der Waals surface area (Å²) in [4.78, 5) is 10.2. The summed E-state index contributed by atoms with van der Waals surface area (Å²) in [5.74, 6) is 0.652. The number of hydrogen-bond donors (Lipinski definition) is 1. The Morgan fingerprint density at radius 3 is 2.92 bits per heavy atom. The van der Waals surface area contributed by atoms with Gasteiger partial charge in [0.25, 0.3) is 0 Å². The minimum atomic E-state index is -0.242. The molecule has 1 saturated carbocycles. The van der Waals surface area contributed by atoms with Crippen molar-refractivity contribution < 1.29 is 4.39 Å². The molecule has 1 aromatic carbocycles. The summed E-state index contributed by atoms with van der Waals surface area (Å²) in [7, 11) is 1.86. The molecule has 0 spiro atoms. The molecule has 1 fully saturated rings. The van der Waals surface area contributed by atoms with Gasteiger partial charge in [-0.25, -0.2) is 9.38 Å². The van der Waals surface area contributed by atoms with Crippen molar-refractivity contribution in [3.8, 4) is 0 Å². The number of hydrogen-bond acceptors (Lipinski definition) is 3. The van der Waals surface area contributed by atoms with E-state index >= 15 is 0 Å². The Kier molecular flexibility index (Phi) is 2.56. The number of H-pyrrole nitrogens is 1. The number of aliphatic imine (C=N–C) groups is 1. The Morgan fingerprint density at radius 1 is 1.29 bits per heavy atom. The number of aromatic amines is 1. The highest BCUT2D eigenvalue weighted by atomic mass is 19.1. The molecule has 1 N–H and O–H groups in total. The van der Waals surface area contributed by atoms with Crippen LogP contribution in [0.1, 0.15) is 31.5 Å². The molecule has 2 aromatic heterocycles. The van der Waals surface area contributed by atoms with Gasteiger partial charge in [-0.05, 0) is 44.0 Å². The van der Waals surface area contributed by atoms with E-state index in [2.05, 4.69) is 27.9 Å². The highest BCUT2D eigenvalue weighted by Gasteiger charge is 2.49. The largest absolute Gasteiger partial charge is 0.349 e. The molecule has 1 aliphatic carbocycles. The average Bonchev–Trinajstić information content (AvgIpc) is 3.01. The first-order valence-electron chi connectivity index (χ1n) is 8.20. The summed E-state index contributed by atoms with van der Waals surface area (Å²) in [6, 6.07) is 6.89. The number of benzene rings is 1. The van der Waals surface area contributed by atoms with Crippen molar-refractivity contribution in [1.29, 1.82) is 0 Å². The maximum Gasteiger partial charge on any atom is 0.153 e. The summed E-state index contributed by atoms with van der Waals surface area (Å²) >= 11 is 0. The van der Waals surface area contributed by atoms with Crippen LogP contribution in [0.3, 0.4) is 0 Å². The van der Waals surface area contributed by atoms with Gasteiger partial charge in [0.15, 0.2) is 5.82 Å². The third-order valence-electron chi connectivity index (χ3n) is 5.26. The van der Waals surface area contributed by atoms with E-state index in [1.807, 2.05) is 25.5 Å². The molecule has 1 unspecified atom stereocenters. The summed E-state index contributed by atoms with van der Waals surface area (Å²) < 4.78 is 15.4. The Labute approximate surface area is 138 Å². The van der Waals surface area contributed by atoms with Crippen molar-refractivity contribution in [2.75, 3.05) is 4.90 Å². The van der Waals surface area contributed by atoms with E-state index in [1.165, 1.54) is 12.1 Å². The minimum absolute atomic E-state index is 0.0463. The van der Waals surface area contributed by atoms with Gasteiger partial charge in [0.2, 0.25) is 0 Å². The smallest absolute Gasteiger partial charge is 0.153 e. The lowest BCUT2D eigenvalue weighted by Crippen LogP contribution is -2.40. The van der Waals surface area contributed by atoms with Crippen molar-refractivity contribution in [3.05, 3.63) is 42.0 Å². The molecule has 2 aliphatic rings. The van der Waals surface area contributed by atoms with Crippen LogP contribution in [0.5, 0.6) is 0 Å². The third kappa shape index (κ3) is 1.79. The molecule has 24 heavy (non-hydrogen) atoms. The van der Waals surface area contributed by atoms with Crippen LogP contribution in [0.25, 0.3) is 10.9 Å². The normalized spacial score (nSPS) is 21.3. The van der Waals surface area contributed by atoms with E-state index in [-0.39, 0.29) is 17.4 Å². The summed E-state index contributed by atoms with van der Waals surface area (Å²) in [5, 5.41) is 5.69. The van der Waals surface area contributed by atoms with Gasteiger partial charge in [0.1, 0.15) is 11.9 Å². The topological polar surface area (TPSA) is 49.2 Å². The molecule has 0 amide bonds. The fourth-order valence-corrected chi connectivity index (χ4v) is 3.73. The number of aromatic nitrogens is 3. The highest BCUT2D eigenvalue weighted by Crippen LogP contribution is 2.51. The molecule has 5 rings (SSSR count). The SMILES string of the molecule is Cn1nc(C2C=Nc3[nH]ccc3N2C2(C)CC2)c2ccc(F)cc21. The van der Waals surface area contributed by atoms with E-state index < -0.39 is 0 Å². The second-order valence-electron chi connectivity index (χ2n) is 6.97. The van der Waals surface area contributed by atoms with Crippen molar-refractivity contribution in [2.24, 2.45) is 12.0 Å². The fourth-order valence-electron chi connectivity index (χ4n) is 3.73. The molecular formula is C18H18FN5. The van der Waals surface area contributed by atoms with Crippen LogP contribution >= 0.6 is 0 Å². The standard InChI is InChI=1S/C18H18FN5/c1-18(6-7-18)24-13-5-8-20-17(13)21-10-15(24)16-12-4-3-11(19)9-14(12)23(2)22-16/h3-5,8-10,15,20H,6-7H2,1-2H3. The number of rotatable bonds is 2. The molecule has 122 valence electrons. The lowest BCUT2D eigenvalue weighted by atomic mass is 10.0. The van der Waals surface area contributed by atoms with Crippen LogP contribution in [0, 0.1) is 5.82 Å². The van der Waals surface area contributed by atoms with Crippen molar-refractivity contribution >= 4 is 28.6 Å². The summed E-state index contributed by atoms with van der Waals surface area (Å²) in [5.41, 5.74) is 2.97. The zero-order chi connectivity index (χ0) is 16.5. The summed E-state index contributed by atoms with van der Waals surface area (Å²) in [6.45, 7) is 2.28. The fraction of sp³-hybridized carbons (Fsp3) is 0.333. The maximum atomic E-state index is 13.6. The Bertz CT molecular complexity index is 979. The number of anilines is 1. The van der Waals surface area contributed by atoms with Crippen molar-refractivity contribution in [1.82, 2.24) is 14.8 Å². The molecule has 1 atom stereocenters. The quantitative estimate of drug-likeness (QED) is 0.778. The molecule has 0 saturated heterocycles. The van der Waals surface area contributed by atoms with Crippen LogP contribution in [0.15, 0.2) is 35.5 Å². The summed E-state index contributed by atoms with van der Waals surface area (Å²) in [6.07, 6.45) is 6.19. The first-order valence-corrected chi connectivity index (χ1v) is 8.20. The molecule has 0 bridgehead atoms. The Hall–Kier alpha value is -2.63.